The van der Waals surface area contributed by atoms with Crippen LogP contribution in [0, 0.1) is 6.92 Å². The first-order valence-corrected chi connectivity index (χ1v) is 9.80. The third-order valence-electron chi connectivity index (χ3n) is 4.20. The van der Waals surface area contributed by atoms with Gasteiger partial charge in [0.05, 0.1) is 19.9 Å². The minimum absolute atomic E-state index is 0.104. The van der Waals surface area contributed by atoms with Crippen molar-refractivity contribution in [3.8, 4) is 17.2 Å². The highest BCUT2D eigenvalue weighted by atomic mass is 16.5. The molecule has 29 heavy (non-hydrogen) atoms. The van der Waals surface area contributed by atoms with Crippen molar-refractivity contribution in [2.24, 2.45) is 5.10 Å². The molecule has 0 saturated carbocycles. The fourth-order valence-electron chi connectivity index (χ4n) is 2.69. The molecule has 0 radical (unpaired) electrons. The molecule has 0 unspecified atom stereocenters. The molecule has 0 aromatic heterocycles. The summed E-state index contributed by atoms with van der Waals surface area (Å²) in [6.45, 7) is 8.74. The molecule has 0 saturated heterocycles. The second-order valence-electron chi connectivity index (χ2n) is 7.04. The van der Waals surface area contributed by atoms with Gasteiger partial charge in [0.25, 0.3) is 5.91 Å². The molecule has 1 amide bonds. The Morgan fingerprint density at radius 1 is 1.10 bits per heavy atom. The molecule has 0 aliphatic carbocycles. The molecule has 0 aliphatic rings. The molecule has 0 atom stereocenters. The van der Waals surface area contributed by atoms with E-state index >= 15 is 0 Å². The topological polar surface area (TPSA) is 69.2 Å². The number of benzene rings is 2. The molecule has 6 heteroatoms. The Morgan fingerprint density at radius 2 is 1.90 bits per heavy atom. The van der Waals surface area contributed by atoms with Crippen LogP contribution in [0.4, 0.5) is 0 Å². The van der Waals surface area contributed by atoms with E-state index in [1.54, 1.807) is 19.4 Å². The van der Waals surface area contributed by atoms with Gasteiger partial charge in [0, 0.05) is 0 Å². The number of rotatable bonds is 10. The maximum absolute atomic E-state index is 12.1. The predicted octanol–water partition coefficient (Wildman–Crippen LogP) is 4.44. The van der Waals surface area contributed by atoms with E-state index in [1.165, 1.54) is 0 Å². The summed E-state index contributed by atoms with van der Waals surface area (Å²) in [4.78, 5) is 12.1. The van der Waals surface area contributed by atoms with Crippen LogP contribution in [0.1, 0.15) is 49.8 Å². The van der Waals surface area contributed by atoms with Gasteiger partial charge in [-0.1, -0.05) is 32.9 Å². The molecule has 0 bridgehead atoms. The third-order valence-corrected chi connectivity index (χ3v) is 4.20. The van der Waals surface area contributed by atoms with Crippen LogP contribution in [-0.4, -0.2) is 32.4 Å². The highest BCUT2D eigenvalue weighted by Gasteiger charge is 2.10. The van der Waals surface area contributed by atoms with Crippen molar-refractivity contribution in [1.82, 2.24) is 5.43 Å². The van der Waals surface area contributed by atoms with Crippen LogP contribution < -0.4 is 19.6 Å². The van der Waals surface area contributed by atoms with Gasteiger partial charge in [0.15, 0.2) is 18.1 Å². The molecule has 6 nitrogen and oxygen atoms in total. The number of carbonyl (C=O) groups is 1. The first-order chi connectivity index (χ1) is 13.9. The molecule has 0 aliphatic heterocycles. The van der Waals surface area contributed by atoms with Crippen LogP contribution in [0.3, 0.4) is 0 Å². The van der Waals surface area contributed by atoms with Crippen LogP contribution in [0.15, 0.2) is 41.5 Å². The summed E-state index contributed by atoms with van der Waals surface area (Å²) < 4.78 is 16.7. The Balaban J connectivity index is 1.92. The van der Waals surface area contributed by atoms with Crippen molar-refractivity contribution in [3.05, 3.63) is 53.1 Å². The fourth-order valence-corrected chi connectivity index (χ4v) is 2.69. The zero-order valence-corrected chi connectivity index (χ0v) is 17.8. The maximum Gasteiger partial charge on any atom is 0.277 e. The van der Waals surface area contributed by atoms with Crippen molar-refractivity contribution in [3.63, 3.8) is 0 Å². The summed E-state index contributed by atoms with van der Waals surface area (Å²) in [5.41, 5.74) is 5.43. The van der Waals surface area contributed by atoms with Crippen molar-refractivity contribution in [1.29, 1.82) is 0 Å². The summed E-state index contributed by atoms with van der Waals surface area (Å²) in [5, 5.41) is 4.00. The van der Waals surface area contributed by atoms with Crippen LogP contribution in [0.25, 0.3) is 0 Å². The zero-order valence-electron chi connectivity index (χ0n) is 17.8. The number of carbonyl (C=O) groups excluding carboxylic acids is 1. The summed E-state index contributed by atoms with van der Waals surface area (Å²) in [6.07, 6.45) is 2.47. The van der Waals surface area contributed by atoms with E-state index < -0.39 is 0 Å². The first-order valence-electron chi connectivity index (χ1n) is 9.80. The standard InChI is InChI=1S/C23H30N2O4/c1-6-11-28-20-10-8-18(13-22(20)27-5)14-24-25-23(26)15-29-21-12-17(4)7-9-19(21)16(2)3/h7-10,12-14,16H,6,11,15H2,1-5H3,(H,25,26)/b24-14+. The number of nitrogens with zero attached hydrogens (tertiary/aromatic N) is 1. The van der Waals surface area contributed by atoms with Gasteiger partial charge in [0.2, 0.25) is 0 Å². The lowest BCUT2D eigenvalue weighted by Gasteiger charge is -2.14. The summed E-state index contributed by atoms with van der Waals surface area (Å²) in [6, 6.07) is 11.5. The Labute approximate surface area is 172 Å². The smallest absolute Gasteiger partial charge is 0.277 e. The van der Waals surface area contributed by atoms with Gasteiger partial charge in [-0.25, -0.2) is 5.43 Å². The average Bonchev–Trinajstić information content (AvgIpc) is 2.70. The second-order valence-corrected chi connectivity index (χ2v) is 7.04. The Bertz CT molecular complexity index is 847. The minimum atomic E-state index is -0.327. The van der Waals surface area contributed by atoms with E-state index in [1.807, 2.05) is 44.2 Å². The van der Waals surface area contributed by atoms with Gasteiger partial charge < -0.3 is 14.2 Å². The average molecular weight is 399 g/mol. The van der Waals surface area contributed by atoms with Gasteiger partial charge in [-0.15, -0.1) is 0 Å². The lowest BCUT2D eigenvalue weighted by atomic mass is 10.0. The third kappa shape index (κ3) is 6.82. The lowest BCUT2D eigenvalue weighted by Crippen LogP contribution is -2.25. The predicted molar refractivity (Wildman–Crippen MR) is 115 cm³/mol. The molecule has 1 N–H and O–H groups in total. The van der Waals surface area contributed by atoms with E-state index in [9.17, 15) is 4.79 Å². The number of methoxy groups -OCH3 is 1. The fraction of sp³-hybridized carbons (Fsp3) is 0.391. The molecule has 2 aromatic rings. The number of amides is 1. The van der Waals surface area contributed by atoms with Gasteiger partial charge in [-0.05, 0) is 60.2 Å². The minimum Gasteiger partial charge on any atom is -0.493 e. The zero-order chi connectivity index (χ0) is 21.2. The Morgan fingerprint density at radius 3 is 2.59 bits per heavy atom. The number of hydrazone groups is 1. The van der Waals surface area contributed by atoms with E-state index in [0.29, 0.717) is 24.0 Å². The van der Waals surface area contributed by atoms with E-state index in [0.717, 1.165) is 28.9 Å². The van der Waals surface area contributed by atoms with Gasteiger partial charge in [0.1, 0.15) is 5.75 Å². The van der Waals surface area contributed by atoms with Crippen molar-refractivity contribution in [2.45, 2.75) is 40.0 Å². The van der Waals surface area contributed by atoms with Crippen molar-refractivity contribution in [2.75, 3.05) is 20.3 Å². The lowest BCUT2D eigenvalue weighted by molar-refractivity contribution is -0.123. The number of aryl methyl sites for hydroxylation is 1. The largest absolute Gasteiger partial charge is 0.493 e. The molecular formula is C23H30N2O4. The van der Waals surface area contributed by atoms with Gasteiger partial charge in [-0.3, -0.25) is 4.79 Å². The Kier molecular flexibility index (Phi) is 8.52. The Hall–Kier alpha value is -3.02. The molecule has 0 heterocycles. The molecule has 0 spiro atoms. The molecule has 156 valence electrons. The summed E-state index contributed by atoms with van der Waals surface area (Å²) >= 11 is 0. The molecule has 2 rings (SSSR count). The molecular weight excluding hydrogens is 368 g/mol. The summed E-state index contributed by atoms with van der Waals surface area (Å²) in [5.74, 6) is 2.02. The van der Waals surface area contributed by atoms with Gasteiger partial charge in [-0.2, -0.15) is 5.10 Å². The van der Waals surface area contributed by atoms with Crippen LogP contribution >= 0.6 is 0 Å². The van der Waals surface area contributed by atoms with E-state index in [4.69, 9.17) is 14.2 Å². The normalized spacial score (nSPS) is 11.0. The van der Waals surface area contributed by atoms with Gasteiger partial charge >= 0.3 is 0 Å². The number of nitrogens with one attached hydrogen (secondary N) is 1. The number of hydrogen-bond acceptors (Lipinski definition) is 5. The van der Waals surface area contributed by atoms with Crippen LogP contribution in [-0.2, 0) is 4.79 Å². The molecule has 0 fully saturated rings. The van der Waals surface area contributed by atoms with Crippen LogP contribution in [0.2, 0.25) is 0 Å². The van der Waals surface area contributed by atoms with Crippen LogP contribution in [0.5, 0.6) is 17.2 Å². The number of ether oxygens (including phenoxy) is 3. The quantitative estimate of drug-likeness (QED) is 0.474. The monoisotopic (exact) mass is 398 g/mol. The first kappa shape index (κ1) is 22.3. The number of hydrogen-bond donors (Lipinski definition) is 1. The van der Waals surface area contributed by atoms with E-state index in [2.05, 4.69) is 24.4 Å². The highest BCUT2D eigenvalue weighted by Crippen LogP contribution is 2.28. The van der Waals surface area contributed by atoms with E-state index in [-0.39, 0.29) is 12.5 Å². The summed E-state index contributed by atoms with van der Waals surface area (Å²) in [7, 11) is 1.59. The highest BCUT2D eigenvalue weighted by molar-refractivity contribution is 5.83. The molecule has 2 aromatic carbocycles. The van der Waals surface area contributed by atoms with Crippen molar-refractivity contribution < 1.29 is 19.0 Å². The maximum atomic E-state index is 12.1. The second kappa shape index (κ2) is 11.1. The van der Waals surface area contributed by atoms with Crippen molar-refractivity contribution >= 4 is 12.1 Å². The SMILES string of the molecule is CCCOc1ccc(/C=N/NC(=O)COc2cc(C)ccc2C(C)C)cc1OC.